The number of alkyl halides is 3. The lowest BCUT2D eigenvalue weighted by atomic mass is 10.0. The molecule has 9 nitrogen and oxygen atoms in total. The molecule has 3 N–H and O–H groups in total. The van der Waals surface area contributed by atoms with E-state index < -0.39 is 40.3 Å². The number of hydrogen-bond acceptors (Lipinski definition) is 8. The van der Waals surface area contributed by atoms with Gasteiger partial charge >= 0.3 is 0 Å². The first-order chi connectivity index (χ1) is 15.4. The highest BCUT2D eigenvalue weighted by Crippen LogP contribution is 2.38. The maximum Gasteiger partial charge on any atom is 0.267 e. The molecule has 4 rings (SSSR count). The summed E-state index contributed by atoms with van der Waals surface area (Å²) in [6.45, 7) is 1.47. The minimum absolute atomic E-state index is 0.0523. The van der Waals surface area contributed by atoms with E-state index in [4.69, 9.17) is 0 Å². The second-order valence-electron chi connectivity index (χ2n) is 8.72. The normalized spacial score (nSPS) is 26.9. The number of nitrogens with zero attached hydrogens (tertiary/aromatic N) is 4. The van der Waals surface area contributed by atoms with Crippen molar-refractivity contribution in [3.05, 3.63) is 18.0 Å². The number of aromatic nitrogens is 3. The monoisotopic (exact) mass is 488 g/mol. The summed E-state index contributed by atoms with van der Waals surface area (Å²) in [4.78, 5) is 12.8. The number of nitrogens with one attached hydrogen (secondary N) is 2. The molecule has 13 heteroatoms. The van der Waals surface area contributed by atoms with Gasteiger partial charge in [0, 0.05) is 31.1 Å². The van der Waals surface area contributed by atoms with Crippen molar-refractivity contribution in [2.45, 2.75) is 62.9 Å². The Labute approximate surface area is 189 Å². The predicted molar refractivity (Wildman–Crippen MR) is 118 cm³/mol. The van der Waals surface area contributed by atoms with Crippen molar-refractivity contribution in [1.29, 1.82) is 0 Å². The molecule has 0 bridgehead atoms. The Morgan fingerprint density at radius 1 is 1.27 bits per heavy atom. The topological polar surface area (TPSA) is 120 Å². The average molecular weight is 489 g/mol. The lowest BCUT2D eigenvalue weighted by Gasteiger charge is -2.34. The van der Waals surface area contributed by atoms with E-state index in [9.17, 15) is 26.7 Å². The van der Waals surface area contributed by atoms with Crippen molar-refractivity contribution >= 4 is 32.7 Å². The summed E-state index contributed by atoms with van der Waals surface area (Å²) in [6.07, 6.45) is 0.845. The fourth-order valence-electron chi connectivity index (χ4n) is 4.24. The third kappa shape index (κ3) is 5.14. The van der Waals surface area contributed by atoms with Gasteiger partial charge in [-0.1, -0.05) is 0 Å². The maximum atomic E-state index is 14.2. The van der Waals surface area contributed by atoms with Crippen LogP contribution in [0.4, 0.5) is 24.9 Å². The zero-order valence-electron chi connectivity index (χ0n) is 18.3. The van der Waals surface area contributed by atoms with Gasteiger partial charge in [-0.05, 0) is 32.3 Å². The Balaban J connectivity index is 1.61. The van der Waals surface area contributed by atoms with Crippen LogP contribution in [-0.4, -0.2) is 76.2 Å². The van der Waals surface area contributed by atoms with Crippen molar-refractivity contribution in [1.82, 2.24) is 19.3 Å². The number of hydrogen-bond donors (Lipinski definition) is 3. The SMILES string of the molecule is CC(F)c1cc2cnc(NC3CCN(S(C)(=O)=O)CC3O)nc2c(NC2CCCC2(F)F)n1. The standard InChI is InChI=1S/C20H27F3N6O3S/c1-11(21)14-8-12-9-24-19(26-13-5-7-29(10-15(13)30)33(2,31)32)28-17(12)18(25-14)27-16-4-3-6-20(16,22)23/h8-9,11,13,15-16,30H,3-7,10H2,1-2H3,(H,25,27)(H,24,26,28). The minimum Gasteiger partial charge on any atom is -0.390 e. The van der Waals surface area contributed by atoms with Gasteiger partial charge in [0.1, 0.15) is 11.7 Å². The number of pyridine rings is 1. The molecule has 2 aliphatic rings. The van der Waals surface area contributed by atoms with Gasteiger partial charge in [0.25, 0.3) is 5.92 Å². The molecule has 4 atom stereocenters. The number of anilines is 2. The molecule has 2 fully saturated rings. The molecule has 182 valence electrons. The van der Waals surface area contributed by atoms with Gasteiger partial charge in [0.05, 0.1) is 30.1 Å². The van der Waals surface area contributed by atoms with Crippen LogP contribution in [0.15, 0.2) is 12.3 Å². The molecule has 0 amide bonds. The summed E-state index contributed by atoms with van der Waals surface area (Å²) in [5, 5.41) is 16.6. The van der Waals surface area contributed by atoms with Crippen LogP contribution in [0.3, 0.4) is 0 Å². The molecule has 0 radical (unpaired) electrons. The van der Waals surface area contributed by atoms with Crippen molar-refractivity contribution in [3.8, 4) is 0 Å². The van der Waals surface area contributed by atoms with Crippen molar-refractivity contribution < 1.29 is 26.7 Å². The van der Waals surface area contributed by atoms with Gasteiger partial charge in [0.15, 0.2) is 5.82 Å². The number of rotatable bonds is 6. The predicted octanol–water partition coefficient (Wildman–Crippen LogP) is 2.46. The van der Waals surface area contributed by atoms with Crippen LogP contribution in [-0.2, 0) is 10.0 Å². The number of β-amino-alcohol motifs (C(OH)–C–C–N with tert-alkyl or cyclic N) is 1. The lowest BCUT2D eigenvalue weighted by Crippen LogP contribution is -2.51. The van der Waals surface area contributed by atoms with Crippen LogP contribution in [0.5, 0.6) is 0 Å². The molecule has 33 heavy (non-hydrogen) atoms. The summed E-state index contributed by atoms with van der Waals surface area (Å²) in [6, 6.07) is -0.165. The van der Waals surface area contributed by atoms with E-state index in [0.29, 0.717) is 18.2 Å². The molecule has 4 unspecified atom stereocenters. The number of fused-ring (bicyclic) bond motifs is 1. The summed E-state index contributed by atoms with van der Waals surface area (Å²) in [7, 11) is -3.42. The molecule has 1 saturated carbocycles. The number of halogens is 3. The van der Waals surface area contributed by atoms with Crippen molar-refractivity contribution in [2.24, 2.45) is 0 Å². The molecule has 1 aliphatic heterocycles. The van der Waals surface area contributed by atoms with Gasteiger partial charge in [-0.3, -0.25) is 0 Å². The van der Waals surface area contributed by atoms with Gasteiger partial charge < -0.3 is 15.7 Å². The average Bonchev–Trinajstić information content (AvgIpc) is 3.06. The Morgan fingerprint density at radius 3 is 2.64 bits per heavy atom. The molecular formula is C20H27F3N6O3S. The summed E-state index contributed by atoms with van der Waals surface area (Å²) < 4.78 is 67.1. The lowest BCUT2D eigenvalue weighted by molar-refractivity contribution is -0.000660. The quantitative estimate of drug-likeness (QED) is 0.567. The van der Waals surface area contributed by atoms with Crippen LogP contribution < -0.4 is 10.6 Å². The molecule has 0 aromatic carbocycles. The van der Waals surface area contributed by atoms with Crippen LogP contribution in [0.2, 0.25) is 0 Å². The third-order valence-corrected chi connectivity index (χ3v) is 7.41. The molecule has 1 aliphatic carbocycles. The van der Waals surface area contributed by atoms with E-state index in [1.54, 1.807) is 0 Å². The Hall–Kier alpha value is -2.25. The number of sulfonamides is 1. The minimum atomic E-state index is -3.42. The fourth-order valence-corrected chi connectivity index (χ4v) is 5.10. The summed E-state index contributed by atoms with van der Waals surface area (Å²) >= 11 is 0. The number of aliphatic hydroxyl groups is 1. The van der Waals surface area contributed by atoms with E-state index in [1.807, 2.05) is 0 Å². The smallest absolute Gasteiger partial charge is 0.267 e. The molecule has 0 spiro atoms. The van der Waals surface area contributed by atoms with Crippen LogP contribution in [0, 0.1) is 0 Å². The first-order valence-electron chi connectivity index (χ1n) is 10.8. The molecule has 2 aromatic heterocycles. The molecular weight excluding hydrogens is 461 g/mol. The molecule has 1 saturated heterocycles. The van der Waals surface area contributed by atoms with Gasteiger partial charge in [-0.25, -0.2) is 36.5 Å². The first kappa shape index (κ1) is 23.9. The largest absolute Gasteiger partial charge is 0.390 e. The Kier molecular flexibility index (Phi) is 6.40. The van der Waals surface area contributed by atoms with E-state index >= 15 is 0 Å². The van der Waals surface area contributed by atoms with Crippen LogP contribution in [0.25, 0.3) is 10.9 Å². The zero-order valence-corrected chi connectivity index (χ0v) is 19.1. The van der Waals surface area contributed by atoms with Crippen molar-refractivity contribution in [2.75, 3.05) is 30.0 Å². The van der Waals surface area contributed by atoms with Gasteiger partial charge in [-0.2, -0.15) is 4.31 Å². The number of aliphatic hydroxyl groups excluding tert-OH is 1. The summed E-state index contributed by atoms with van der Waals surface area (Å²) in [5.74, 6) is -2.73. The highest BCUT2D eigenvalue weighted by atomic mass is 32.2. The van der Waals surface area contributed by atoms with E-state index in [0.717, 1.165) is 6.26 Å². The second kappa shape index (κ2) is 8.84. The van der Waals surface area contributed by atoms with Gasteiger partial charge in [0.2, 0.25) is 16.0 Å². The van der Waals surface area contributed by atoms with E-state index in [2.05, 4.69) is 25.6 Å². The summed E-state index contributed by atoms with van der Waals surface area (Å²) in [5.41, 5.74) is 0.335. The maximum absolute atomic E-state index is 14.2. The van der Waals surface area contributed by atoms with Crippen LogP contribution in [0.1, 0.15) is 44.5 Å². The fraction of sp³-hybridized carbons (Fsp3) is 0.650. The molecule has 3 heterocycles. The Bertz CT molecular complexity index is 1130. The molecule has 2 aromatic rings. The van der Waals surface area contributed by atoms with Gasteiger partial charge in [-0.15, -0.1) is 0 Å². The Morgan fingerprint density at radius 2 is 2.03 bits per heavy atom. The van der Waals surface area contributed by atoms with Crippen molar-refractivity contribution in [3.63, 3.8) is 0 Å². The highest BCUT2D eigenvalue weighted by Gasteiger charge is 2.44. The second-order valence-corrected chi connectivity index (χ2v) is 10.7. The third-order valence-electron chi connectivity index (χ3n) is 6.15. The van der Waals surface area contributed by atoms with Crippen LogP contribution >= 0.6 is 0 Å². The number of piperidine rings is 1. The first-order valence-corrected chi connectivity index (χ1v) is 12.6. The highest BCUT2D eigenvalue weighted by molar-refractivity contribution is 7.88. The van der Waals surface area contributed by atoms with E-state index in [-0.39, 0.29) is 48.9 Å². The zero-order chi connectivity index (χ0) is 24.0. The van der Waals surface area contributed by atoms with E-state index in [1.165, 1.54) is 23.5 Å².